The van der Waals surface area contributed by atoms with Crippen molar-refractivity contribution in [2.75, 3.05) is 13.1 Å². The molecule has 0 aromatic rings. The van der Waals surface area contributed by atoms with Gasteiger partial charge in [-0.2, -0.15) is 0 Å². The third-order valence-electron chi connectivity index (χ3n) is 3.34. The molecule has 1 aliphatic carbocycles. The highest BCUT2D eigenvalue weighted by Crippen LogP contribution is 2.17. The van der Waals surface area contributed by atoms with E-state index in [9.17, 15) is 4.79 Å². The second kappa shape index (κ2) is 5.35. The summed E-state index contributed by atoms with van der Waals surface area (Å²) in [5, 5.41) is 9.32. The summed E-state index contributed by atoms with van der Waals surface area (Å²) in [7, 11) is 0. The van der Waals surface area contributed by atoms with Crippen LogP contribution in [0.5, 0.6) is 0 Å². The van der Waals surface area contributed by atoms with E-state index in [1.165, 1.54) is 19.3 Å². The highest BCUT2D eigenvalue weighted by molar-refractivity contribution is 5.74. The zero-order valence-electron chi connectivity index (χ0n) is 9.22. The van der Waals surface area contributed by atoms with Gasteiger partial charge in [0.1, 0.15) is 0 Å². The van der Waals surface area contributed by atoms with Crippen LogP contribution in [0.4, 0.5) is 4.79 Å². The van der Waals surface area contributed by atoms with Gasteiger partial charge in [0.05, 0.1) is 0 Å². The molecule has 1 saturated carbocycles. The van der Waals surface area contributed by atoms with Gasteiger partial charge in [0.2, 0.25) is 0 Å². The van der Waals surface area contributed by atoms with E-state index in [1.54, 1.807) is 0 Å². The van der Waals surface area contributed by atoms with Crippen molar-refractivity contribution in [3.05, 3.63) is 0 Å². The number of hydrogen-bond donors (Lipinski definition) is 3. The zero-order valence-corrected chi connectivity index (χ0v) is 9.22. The average Bonchev–Trinajstić information content (AvgIpc) is 2.71. The van der Waals surface area contributed by atoms with Crippen molar-refractivity contribution in [1.82, 2.24) is 16.0 Å². The molecule has 2 aliphatic rings. The summed E-state index contributed by atoms with van der Waals surface area (Å²) in [4.78, 5) is 11.6. The lowest BCUT2D eigenvalue weighted by molar-refractivity contribution is 0.229. The molecule has 2 rings (SSSR count). The first-order valence-electron chi connectivity index (χ1n) is 6.12. The van der Waals surface area contributed by atoms with Gasteiger partial charge in [-0.15, -0.1) is 0 Å². The maximum atomic E-state index is 11.6. The molecule has 1 saturated heterocycles. The molecule has 1 atom stereocenters. The smallest absolute Gasteiger partial charge is 0.315 e. The number of hydrogen-bond acceptors (Lipinski definition) is 2. The first-order chi connectivity index (χ1) is 7.34. The summed E-state index contributed by atoms with van der Waals surface area (Å²) in [6, 6.07) is 0.761. The Balaban J connectivity index is 1.66. The van der Waals surface area contributed by atoms with Crippen LogP contribution >= 0.6 is 0 Å². The lowest BCUT2D eigenvalue weighted by Gasteiger charge is -2.23. The van der Waals surface area contributed by atoms with Crippen molar-refractivity contribution in [2.45, 2.75) is 50.6 Å². The maximum Gasteiger partial charge on any atom is 0.315 e. The molecule has 1 aliphatic heterocycles. The topological polar surface area (TPSA) is 53.2 Å². The van der Waals surface area contributed by atoms with Crippen molar-refractivity contribution in [1.29, 1.82) is 0 Å². The van der Waals surface area contributed by atoms with Gasteiger partial charge in [-0.25, -0.2) is 4.79 Å². The summed E-state index contributed by atoms with van der Waals surface area (Å²) in [6.45, 7) is 1.94. The second-order valence-electron chi connectivity index (χ2n) is 4.64. The summed E-state index contributed by atoms with van der Waals surface area (Å²) in [6.07, 6.45) is 7.20. The second-order valence-corrected chi connectivity index (χ2v) is 4.64. The summed E-state index contributed by atoms with van der Waals surface area (Å²) in [5.41, 5.74) is 0. The zero-order chi connectivity index (χ0) is 10.5. The molecular formula is C11H21N3O. The largest absolute Gasteiger partial charge is 0.335 e. The van der Waals surface area contributed by atoms with E-state index < -0.39 is 0 Å². The molecule has 0 bridgehead atoms. The van der Waals surface area contributed by atoms with Gasteiger partial charge in [-0.05, 0) is 25.8 Å². The predicted octanol–water partition coefficient (Wildman–Crippen LogP) is 0.980. The fourth-order valence-corrected chi connectivity index (χ4v) is 2.44. The van der Waals surface area contributed by atoms with Gasteiger partial charge < -0.3 is 16.0 Å². The normalized spacial score (nSPS) is 27.6. The summed E-state index contributed by atoms with van der Waals surface area (Å²) < 4.78 is 0. The molecule has 1 unspecified atom stereocenters. The maximum absolute atomic E-state index is 11.6. The van der Waals surface area contributed by atoms with Gasteiger partial charge in [-0.3, -0.25) is 0 Å². The Labute approximate surface area is 91.2 Å². The lowest BCUT2D eigenvalue weighted by atomic mass is 9.96. The highest BCUT2D eigenvalue weighted by Gasteiger charge is 2.19. The molecule has 2 fully saturated rings. The van der Waals surface area contributed by atoms with Crippen LogP contribution in [0.1, 0.15) is 38.5 Å². The Bertz CT molecular complexity index is 208. The molecule has 0 aromatic heterocycles. The van der Waals surface area contributed by atoms with Crippen LogP contribution in [0.2, 0.25) is 0 Å². The molecule has 4 heteroatoms. The fraction of sp³-hybridized carbons (Fsp3) is 0.909. The molecular weight excluding hydrogens is 190 g/mol. The third kappa shape index (κ3) is 3.38. The van der Waals surface area contributed by atoms with Crippen molar-refractivity contribution in [2.24, 2.45) is 0 Å². The summed E-state index contributed by atoms with van der Waals surface area (Å²) >= 11 is 0. The number of nitrogens with one attached hydrogen (secondary N) is 3. The molecule has 0 radical (unpaired) electrons. The number of rotatable bonds is 2. The van der Waals surface area contributed by atoms with Crippen LogP contribution in [0.3, 0.4) is 0 Å². The molecule has 4 nitrogen and oxygen atoms in total. The standard InChI is InChI=1S/C11H21N3O/c15-11(14-10-6-7-12-8-10)13-9-4-2-1-3-5-9/h9-10,12H,1-8H2,(H2,13,14,15). The van der Waals surface area contributed by atoms with Crippen LogP contribution in [0.15, 0.2) is 0 Å². The molecule has 3 N–H and O–H groups in total. The third-order valence-corrected chi connectivity index (χ3v) is 3.34. The van der Waals surface area contributed by atoms with E-state index in [0.717, 1.165) is 32.4 Å². The van der Waals surface area contributed by atoms with Gasteiger partial charge in [0.25, 0.3) is 0 Å². The molecule has 1 heterocycles. The number of amides is 2. The molecule has 2 amide bonds. The summed E-state index contributed by atoms with van der Waals surface area (Å²) in [5.74, 6) is 0. The van der Waals surface area contributed by atoms with Gasteiger partial charge >= 0.3 is 6.03 Å². The van der Waals surface area contributed by atoms with Crippen LogP contribution in [0.25, 0.3) is 0 Å². The van der Waals surface area contributed by atoms with E-state index in [2.05, 4.69) is 16.0 Å². The van der Waals surface area contributed by atoms with Crippen LogP contribution in [-0.2, 0) is 0 Å². The minimum atomic E-state index is 0.0237. The van der Waals surface area contributed by atoms with E-state index in [4.69, 9.17) is 0 Å². The van der Waals surface area contributed by atoms with Gasteiger partial charge in [0, 0.05) is 18.6 Å². The highest BCUT2D eigenvalue weighted by atomic mass is 16.2. The van der Waals surface area contributed by atoms with Crippen molar-refractivity contribution in [3.63, 3.8) is 0 Å². The number of urea groups is 1. The van der Waals surface area contributed by atoms with E-state index >= 15 is 0 Å². The predicted molar refractivity (Wildman–Crippen MR) is 59.8 cm³/mol. The average molecular weight is 211 g/mol. The van der Waals surface area contributed by atoms with Crippen molar-refractivity contribution in [3.8, 4) is 0 Å². The Morgan fingerprint density at radius 2 is 1.73 bits per heavy atom. The van der Waals surface area contributed by atoms with Gasteiger partial charge in [-0.1, -0.05) is 19.3 Å². The SMILES string of the molecule is O=C(NC1CCCCC1)NC1CCNC1. The van der Waals surface area contributed by atoms with E-state index in [1.807, 2.05) is 0 Å². The molecule has 15 heavy (non-hydrogen) atoms. The quantitative estimate of drug-likeness (QED) is 0.638. The van der Waals surface area contributed by atoms with Crippen molar-refractivity contribution < 1.29 is 4.79 Å². The van der Waals surface area contributed by atoms with Crippen LogP contribution in [0, 0.1) is 0 Å². The fourth-order valence-electron chi connectivity index (χ4n) is 2.44. The Morgan fingerprint density at radius 1 is 1.00 bits per heavy atom. The van der Waals surface area contributed by atoms with E-state index in [0.29, 0.717) is 12.1 Å². The van der Waals surface area contributed by atoms with E-state index in [-0.39, 0.29) is 6.03 Å². The molecule has 0 aromatic carbocycles. The Kier molecular flexibility index (Phi) is 3.83. The number of carbonyl (C=O) groups excluding carboxylic acids is 1. The van der Waals surface area contributed by atoms with Crippen LogP contribution < -0.4 is 16.0 Å². The first kappa shape index (κ1) is 10.7. The lowest BCUT2D eigenvalue weighted by Crippen LogP contribution is -2.47. The molecule has 0 spiro atoms. The Morgan fingerprint density at radius 3 is 2.40 bits per heavy atom. The number of carbonyl (C=O) groups is 1. The van der Waals surface area contributed by atoms with Gasteiger partial charge in [0.15, 0.2) is 0 Å². The first-order valence-corrected chi connectivity index (χ1v) is 6.12. The van der Waals surface area contributed by atoms with Crippen LogP contribution in [-0.4, -0.2) is 31.2 Å². The minimum Gasteiger partial charge on any atom is -0.335 e. The van der Waals surface area contributed by atoms with Crippen molar-refractivity contribution >= 4 is 6.03 Å². The Hall–Kier alpha value is -0.770. The molecule has 86 valence electrons. The monoisotopic (exact) mass is 211 g/mol. The minimum absolute atomic E-state index is 0.0237.